The molecule has 0 bridgehead atoms. The van der Waals surface area contributed by atoms with E-state index in [2.05, 4.69) is 11.0 Å². The predicted molar refractivity (Wildman–Crippen MR) is 44.0 cm³/mol. The zero-order valence-electron chi connectivity index (χ0n) is 7.25. The molecular formula is C8H16N2O. The maximum atomic E-state index is 8.76. The molecule has 0 amide bonds. The number of rotatable bonds is 5. The van der Waals surface area contributed by atoms with E-state index in [0.717, 1.165) is 13.0 Å². The van der Waals surface area contributed by atoms with E-state index in [9.17, 15) is 0 Å². The van der Waals surface area contributed by atoms with Crippen LogP contribution in [0.1, 0.15) is 19.8 Å². The summed E-state index contributed by atoms with van der Waals surface area (Å²) in [6.45, 7) is 3.03. The summed E-state index contributed by atoms with van der Waals surface area (Å²) in [7, 11) is 1.96. The van der Waals surface area contributed by atoms with E-state index in [4.69, 9.17) is 10.4 Å². The van der Waals surface area contributed by atoms with Crippen LogP contribution in [0.4, 0.5) is 0 Å². The van der Waals surface area contributed by atoms with Crippen molar-refractivity contribution in [3.8, 4) is 6.07 Å². The maximum absolute atomic E-state index is 8.76. The molecule has 0 radical (unpaired) electrons. The summed E-state index contributed by atoms with van der Waals surface area (Å²) in [5, 5.41) is 17.0. The highest BCUT2D eigenvalue weighted by Gasteiger charge is 2.05. The van der Waals surface area contributed by atoms with Crippen molar-refractivity contribution in [2.24, 2.45) is 0 Å². The molecule has 0 aromatic heterocycles. The van der Waals surface area contributed by atoms with Crippen LogP contribution in [-0.4, -0.2) is 36.2 Å². The molecule has 1 atom stereocenters. The predicted octanol–water partition coefficient (Wildman–Crippen LogP) is 0.603. The number of nitrogens with zero attached hydrogens (tertiary/aromatic N) is 2. The second kappa shape index (κ2) is 6.14. The Hall–Kier alpha value is -0.590. The lowest BCUT2D eigenvalue weighted by Crippen LogP contribution is -2.32. The molecule has 0 rings (SSSR count). The van der Waals surface area contributed by atoms with Crippen molar-refractivity contribution in [1.29, 1.82) is 5.26 Å². The minimum Gasteiger partial charge on any atom is -0.395 e. The maximum Gasteiger partial charge on any atom is 0.0622 e. The van der Waals surface area contributed by atoms with E-state index in [1.54, 1.807) is 0 Å². The van der Waals surface area contributed by atoms with Crippen LogP contribution < -0.4 is 0 Å². The number of likely N-dealkylation sites (N-methyl/N-ethyl adjacent to an activating group) is 1. The van der Waals surface area contributed by atoms with Crippen molar-refractivity contribution in [3.63, 3.8) is 0 Å². The van der Waals surface area contributed by atoms with Crippen LogP contribution in [-0.2, 0) is 0 Å². The van der Waals surface area contributed by atoms with Crippen LogP contribution in [0.3, 0.4) is 0 Å². The second-order valence-electron chi connectivity index (χ2n) is 2.77. The Bertz CT molecular complexity index is 131. The van der Waals surface area contributed by atoms with Gasteiger partial charge in [0.2, 0.25) is 0 Å². The first-order valence-electron chi connectivity index (χ1n) is 3.90. The van der Waals surface area contributed by atoms with Gasteiger partial charge >= 0.3 is 0 Å². The monoisotopic (exact) mass is 156 g/mol. The molecule has 0 aromatic rings. The molecule has 0 aliphatic heterocycles. The summed E-state index contributed by atoms with van der Waals surface area (Å²) in [6.07, 6.45) is 1.49. The summed E-state index contributed by atoms with van der Waals surface area (Å²) in [5.41, 5.74) is 0. The molecule has 3 heteroatoms. The average molecular weight is 156 g/mol. The van der Waals surface area contributed by atoms with E-state index in [1.165, 1.54) is 0 Å². The van der Waals surface area contributed by atoms with Gasteiger partial charge in [0.25, 0.3) is 0 Å². The normalized spacial score (nSPS) is 13.0. The number of hydrogen-bond donors (Lipinski definition) is 1. The van der Waals surface area contributed by atoms with Crippen LogP contribution in [0.5, 0.6) is 0 Å². The molecule has 0 fully saturated rings. The fraction of sp³-hybridized carbons (Fsp3) is 0.875. The third-order valence-corrected chi connectivity index (χ3v) is 1.82. The molecule has 64 valence electrons. The Morgan fingerprint density at radius 1 is 1.64 bits per heavy atom. The molecule has 1 N–H and O–H groups in total. The van der Waals surface area contributed by atoms with E-state index in [-0.39, 0.29) is 12.6 Å². The molecule has 0 spiro atoms. The smallest absolute Gasteiger partial charge is 0.0622 e. The molecular weight excluding hydrogens is 140 g/mol. The molecule has 0 aromatic carbocycles. The first-order chi connectivity index (χ1) is 5.22. The summed E-state index contributed by atoms with van der Waals surface area (Å²) in [6, 6.07) is 2.29. The van der Waals surface area contributed by atoms with Gasteiger partial charge in [0.15, 0.2) is 0 Å². The van der Waals surface area contributed by atoms with Gasteiger partial charge in [0.1, 0.15) is 0 Å². The van der Waals surface area contributed by atoms with Gasteiger partial charge < -0.3 is 10.0 Å². The fourth-order valence-corrected chi connectivity index (χ4v) is 0.767. The molecule has 3 nitrogen and oxygen atoms in total. The van der Waals surface area contributed by atoms with Crippen molar-refractivity contribution in [2.45, 2.75) is 25.8 Å². The number of unbranched alkanes of at least 4 members (excludes halogenated alkanes) is 1. The third-order valence-electron chi connectivity index (χ3n) is 1.82. The lowest BCUT2D eigenvalue weighted by Gasteiger charge is -2.21. The third kappa shape index (κ3) is 4.77. The number of hydrogen-bond acceptors (Lipinski definition) is 3. The minimum absolute atomic E-state index is 0.184. The quantitative estimate of drug-likeness (QED) is 0.593. The lowest BCUT2D eigenvalue weighted by molar-refractivity contribution is 0.158. The first-order valence-corrected chi connectivity index (χ1v) is 3.90. The SMILES string of the molecule is CC(CO)N(C)CCCC#N. The van der Waals surface area contributed by atoms with E-state index in [0.29, 0.717) is 6.42 Å². The first kappa shape index (κ1) is 10.4. The Labute approximate surface area is 68.2 Å². The van der Waals surface area contributed by atoms with E-state index >= 15 is 0 Å². The number of nitriles is 1. The zero-order valence-corrected chi connectivity index (χ0v) is 7.25. The standard InChI is InChI=1S/C8H16N2O/c1-8(7-11)10(2)6-4-3-5-9/h8,11H,3-4,6-7H2,1-2H3. The molecule has 0 aliphatic carbocycles. The molecule has 1 unspecified atom stereocenters. The van der Waals surface area contributed by atoms with Crippen molar-refractivity contribution in [2.75, 3.05) is 20.2 Å². The largest absolute Gasteiger partial charge is 0.395 e. The van der Waals surface area contributed by atoms with Crippen LogP contribution >= 0.6 is 0 Å². The average Bonchev–Trinajstić information content (AvgIpc) is 2.03. The van der Waals surface area contributed by atoms with Gasteiger partial charge in [0.05, 0.1) is 12.7 Å². The highest BCUT2D eigenvalue weighted by molar-refractivity contribution is 4.70. The number of aliphatic hydroxyl groups is 1. The van der Waals surface area contributed by atoms with Gasteiger partial charge in [0, 0.05) is 12.5 Å². The highest BCUT2D eigenvalue weighted by Crippen LogP contribution is 1.97. The van der Waals surface area contributed by atoms with Gasteiger partial charge in [-0.2, -0.15) is 5.26 Å². The van der Waals surface area contributed by atoms with Crippen LogP contribution in [0.15, 0.2) is 0 Å². The summed E-state index contributed by atoms with van der Waals surface area (Å²) < 4.78 is 0. The Kier molecular flexibility index (Phi) is 5.81. The van der Waals surface area contributed by atoms with Crippen molar-refractivity contribution < 1.29 is 5.11 Å². The van der Waals surface area contributed by atoms with Crippen molar-refractivity contribution in [3.05, 3.63) is 0 Å². The molecule has 0 saturated heterocycles. The van der Waals surface area contributed by atoms with Gasteiger partial charge in [-0.1, -0.05) is 0 Å². The number of aliphatic hydroxyl groups excluding tert-OH is 1. The van der Waals surface area contributed by atoms with Gasteiger partial charge in [-0.25, -0.2) is 0 Å². The Morgan fingerprint density at radius 3 is 2.73 bits per heavy atom. The lowest BCUT2D eigenvalue weighted by atomic mass is 10.2. The highest BCUT2D eigenvalue weighted by atomic mass is 16.3. The van der Waals surface area contributed by atoms with Crippen LogP contribution in [0, 0.1) is 11.3 Å². The van der Waals surface area contributed by atoms with Gasteiger partial charge in [-0.15, -0.1) is 0 Å². The molecule has 0 aliphatic rings. The van der Waals surface area contributed by atoms with Crippen LogP contribution in [0.2, 0.25) is 0 Å². The Morgan fingerprint density at radius 2 is 2.27 bits per heavy atom. The topological polar surface area (TPSA) is 47.3 Å². The fourth-order valence-electron chi connectivity index (χ4n) is 0.767. The summed E-state index contributed by atoms with van der Waals surface area (Å²) >= 11 is 0. The van der Waals surface area contributed by atoms with Crippen LogP contribution in [0.25, 0.3) is 0 Å². The Balaban J connectivity index is 3.37. The van der Waals surface area contributed by atoms with Crippen molar-refractivity contribution in [1.82, 2.24) is 4.90 Å². The summed E-state index contributed by atoms with van der Waals surface area (Å²) in [5.74, 6) is 0. The molecule has 0 heterocycles. The molecule has 0 saturated carbocycles. The van der Waals surface area contributed by atoms with E-state index in [1.807, 2.05) is 14.0 Å². The van der Waals surface area contributed by atoms with Gasteiger partial charge in [-0.3, -0.25) is 0 Å². The van der Waals surface area contributed by atoms with E-state index < -0.39 is 0 Å². The summed E-state index contributed by atoms with van der Waals surface area (Å²) in [4.78, 5) is 2.05. The molecule has 11 heavy (non-hydrogen) atoms. The minimum atomic E-state index is 0.184. The second-order valence-corrected chi connectivity index (χ2v) is 2.77. The van der Waals surface area contributed by atoms with Gasteiger partial charge in [-0.05, 0) is 26.9 Å². The van der Waals surface area contributed by atoms with Crippen molar-refractivity contribution >= 4 is 0 Å². The zero-order chi connectivity index (χ0) is 8.69.